The summed E-state index contributed by atoms with van der Waals surface area (Å²) in [5, 5.41) is 26.9. The van der Waals surface area contributed by atoms with Gasteiger partial charge in [0.05, 0.1) is 26.0 Å². The average molecular weight is 415 g/mol. The van der Waals surface area contributed by atoms with Gasteiger partial charge in [-0.05, 0) is 31.4 Å². The van der Waals surface area contributed by atoms with E-state index in [1.54, 1.807) is 7.11 Å². The van der Waals surface area contributed by atoms with Crippen molar-refractivity contribution in [3.8, 4) is 5.75 Å². The Morgan fingerprint density at radius 2 is 2.03 bits per heavy atom. The Kier molecular flexibility index (Phi) is 7.07. The number of aryl methyl sites for hydroxylation is 1. The molecule has 1 aromatic carbocycles. The maximum absolute atomic E-state index is 9.42. The van der Waals surface area contributed by atoms with Crippen molar-refractivity contribution in [3.63, 3.8) is 0 Å². The van der Waals surface area contributed by atoms with Crippen molar-refractivity contribution in [1.29, 1.82) is 0 Å². The number of aliphatic hydroxyl groups excluding tert-OH is 2. The SMILES string of the molecule is CCCC(CCO)Nc1nc(N)nc2c(C)nn(Cc3ccc(CO)cc3OC)c12. The summed E-state index contributed by atoms with van der Waals surface area (Å²) in [5.41, 5.74) is 9.86. The summed E-state index contributed by atoms with van der Waals surface area (Å²) in [7, 11) is 1.60. The maximum Gasteiger partial charge on any atom is 0.222 e. The molecule has 1 unspecified atom stereocenters. The van der Waals surface area contributed by atoms with Crippen molar-refractivity contribution in [2.75, 3.05) is 24.8 Å². The molecule has 162 valence electrons. The third-order valence-electron chi connectivity index (χ3n) is 5.08. The fraction of sp³-hybridized carbons (Fsp3) is 0.476. The number of anilines is 2. The van der Waals surface area contributed by atoms with Gasteiger partial charge in [0.2, 0.25) is 5.95 Å². The van der Waals surface area contributed by atoms with Crippen molar-refractivity contribution in [2.45, 2.75) is 52.3 Å². The lowest BCUT2D eigenvalue weighted by molar-refractivity contribution is 0.276. The zero-order chi connectivity index (χ0) is 21.7. The number of hydrogen-bond donors (Lipinski definition) is 4. The lowest BCUT2D eigenvalue weighted by atomic mass is 10.1. The Morgan fingerprint density at radius 3 is 2.70 bits per heavy atom. The summed E-state index contributed by atoms with van der Waals surface area (Å²) in [4.78, 5) is 8.84. The summed E-state index contributed by atoms with van der Waals surface area (Å²) < 4.78 is 7.35. The van der Waals surface area contributed by atoms with Gasteiger partial charge in [-0.25, -0.2) is 4.98 Å². The molecule has 0 amide bonds. The molecule has 1 atom stereocenters. The number of benzene rings is 1. The van der Waals surface area contributed by atoms with Crippen LogP contribution in [0.25, 0.3) is 11.0 Å². The molecule has 3 aromatic rings. The van der Waals surface area contributed by atoms with Crippen LogP contribution in [-0.4, -0.2) is 49.7 Å². The Bertz CT molecular complexity index is 998. The lowest BCUT2D eigenvalue weighted by Gasteiger charge is -2.19. The molecule has 30 heavy (non-hydrogen) atoms. The molecule has 2 heterocycles. The zero-order valence-corrected chi connectivity index (χ0v) is 17.7. The van der Waals surface area contributed by atoms with Gasteiger partial charge in [0.15, 0.2) is 5.82 Å². The number of nitrogens with zero attached hydrogens (tertiary/aromatic N) is 4. The smallest absolute Gasteiger partial charge is 0.222 e. The molecule has 0 saturated carbocycles. The predicted octanol–water partition coefficient (Wildman–Crippen LogP) is 2.23. The minimum absolute atomic E-state index is 0.0503. The van der Waals surface area contributed by atoms with Gasteiger partial charge in [-0.2, -0.15) is 10.1 Å². The first-order valence-electron chi connectivity index (χ1n) is 10.1. The molecule has 0 fully saturated rings. The van der Waals surface area contributed by atoms with Crippen LogP contribution in [0, 0.1) is 6.92 Å². The van der Waals surface area contributed by atoms with E-state index in [0.29, 0.717) is 30.0 Å². The highest BCUT2D eigenvalue weighted by atomic mass is 16.5. The molecule has 0 bridgehead atoms. The summed E-state index contributed by atoms with van der Waals surface area (Å²) >= 11 is 0. The van der Waals surface area contributed by atoms with Crippen molar-refractivity contribution >= 4 is 22.8 Å². The molecule has 0 spiro atoms. The number of nitrogen functional groups attached to an aromatic ring is 1. The highest BCUT2D eigenvalue weighted by molar-refractivity contribution is 5.88. The Morgan fingerprint density at radius 1 is 1.23 bits per heavy atom. The quantitative estimate of drug-likeness (QED) is 0.397. The number of aromatic nitrogens is 4. The van der Waals surface area contributed by atoms with Crippen LogP contribution in [0.15, 0.2) is 18.2 Å². The highest BCUT2D eigenvalue weighted by Gasteiger charge is 2.19. The predicted molar refractivity (Wildman–Crippen MR) is 117 cm³/mol. The number of fused-ring (bicyclic) bond motifs is 1. The molecule has 9 heteroatoms. The maximum atomic E-state index is 9.42. The minimum atomic E-state index is -0.0503. The van der Waals surface area contributed by atoms with Crippen LogP contribution in [0.3, 0.4) is 0 Å². The Balaban J connectivity index is 2.06. The van der Waals surface area contributed by atoms with Crippen molar-refractivity contribution < 1.29 is 14.9 Å². The van der Waals surface area contributed by atoms with E-state index in [9.17, 15) is 10.2 Å². The van der Waals surface area contributed by atoms with Crippen LogP contribution < -0.4 is 15.8 Å². The Hall–Kier alpha value is -2.91. The molecule has 0 radical (unpaired) electrons. The van der Waals surface area contributed by atoms with Crippen LogP contribution in [-0.2, 0) is 13.2 Å². The zero-order valence-electron chi connectivity index (χ0n) is 17.7. The molecule has 9 nitrogen and oxygen atoms in total. The van der Waals surface area contributed by atoms with Gasteiger partial charge in [0, 0.05) is 18.2 Å². The average Bonchev–Trinajstić information content (AvgIpc) is 3.04. The molecule has 0 aliphatic heterocycles. The standard InChI is InChI=1S/C21H30N6O3/c1-4-5-16(8-9-28)23-20-19-18(24-21(22)25-20)13(2)26-27(19)11-15-7-6-14(12-29)10-17(15)30-3/h6-7,10,16,28-29H,4-5,8-9,11-12H2,1-3H3,(H3,22,23,24,25). The van der Waals surface area contributed by atoms with Gasteiger partial charge < -0.3 is 26.0 Å². The van der Waals surface area contributed by atoms with E-state index in [1.807, 2.05) is 29.8 Å². The van der Waals surface area contributed by atoms with Crippen LogP contribution in [0.5, 0.6) is 5.75 Å². The summed E-state index contributed by atoms with van der Waals surface area (Å²) in [6.45, 7) is 4.48. The first kappa shape index (κ1) is 21.8. The number of hydrogen-bond acceptors (Lipinski definition) is 8. The van der Waals surface area contributed by atoms with E-state index in [-0.39, 0.29) is 25.2 Å². The van der Waals surface area contributed by atoms with Crippen molar-refractivity contribution in [2.24, 2.45) is 0 Å². The number of methoxy groups -OCH3 is 1. The third kappa shape index (κ3) is 4.63. The summed E-state index contributed by atoms with van der Waals surface area (Å²) in [6.07, 6.45) is 2.49. The monoisotopic (exact) mass is 414 g/mol. The normalized spacial score (nSPS) is 12.3. The van der Waals surface area contributed by atoms with Gasteiger partial charge in [0.1, 0.15) is 16.8 Å². The lowest BCUT2D eigenvalue weighted by Crippen LogP contribution is -2.22. The van der Waals surface area contributed by atoms with Crippen LogP contribution in [0.1, 0.15) is 43.0 Å². The number of nitrogens with two attached hydrogens (primary N) is 1. The van der Waals surface area contributed by atoms with Gasteiger partial charge in [-0.15, -0.1) is 0 Å². The molecule has 0 aliphatic carbocycles. The molecule has 3 rings (SSSR count). The van der Waals surface area contributed by atoms with Crippen LogP contribution in [0.4, 0.5) is 11.8 Å². The number of rotatable bonds is 10. The molecule has 5 N–H and O–H groups in total. The number of aliphatic hydroxyl groups is 2. The van der Waals surface area contributed by atoms with Gasteiger partial charge in [-0.1, -0.05) is 25.5 Å². The van der Waals surface area contributed by atoms with Crippen LogP contribution in [0.2, 0.25) is 0 Å². The van der Waals surface area contributed by atoms with Crippen molar-refractivity contribution in [3.05, 3.63) is 35.0 Å². The molecule has 0 aliphatic rings. The molecular formula is C21H30N6O3. The molecular weight excluding hydrogens is 384 g/mol. The van der Waals surface area contributed by atoms with Crippen LogP contribution >= 0.6 is 0 Å². The van der Waals surface area contributed by atoms with E-state index >= 15 is 0 Å². The first-order valence-corrected chi connectivity index (χ1v) is 10.1. The highest BCUT2D eigenvalue weighted by Crippen LogP contribution is 2.28. The van der Waals surface area contributed by atoms with Gasteiger partial charge in [0.25, 0.3) is 0 Å². The van der Waals surface area contributed by atoms with E-state index in [4.69, 9.17) is 10.5 Å². The fourth-order valence-electron chi connectivity index (χ4n) is 3.63. The largest absolute Gasteiger partial charge is 0.496 e. The molecule has 0 saturated heterocycles. The van der Waals surface area contributed by atoms with E-state index in [2.05, 4.69) is 27.3 Å². The Labute approximate surface area is 175 Å². The van der Waals surface area contributed by atoms with E-state index in [1.165, 1.54) is 0 Å². The summed E-state index contributed by atoms with van der Waals surface area (Å²) in [6, 6.07) is 5.67. The second-order valence-corrected chi connectivity index (χ2v) is 7.32. The van der Waals surface area contributed by atoms with Gasteiger partial charge >= 0.3 is 0 Å². The number of ether oxygens (including phenoxy) is 1. The topological polar surface area (TPSA) is 131 Å². The second-order valence-electron chi connectivity index (χ2n) is 7.32. The number of nitrogens with one attached hydrogen (secondary N) is 1. The van der Waals surface area contributed by atoms with Crippen molar-refractivity contribution in [1.82, 2.24) is 19.7 Å². The minimum Gasteiger partial charge on any atom is -0.496 e. The van der Waals surface area contributed by atoms with E-state index < -0.39 is 0 Å². The van der Waals surface area contributed by atoms with E-state index in [0.717, 1.165) is 35.2 Å². The molecule has 2 aromatic heterocycles. The van der Waals surface area contributed by atoms with Gasteiger partial charge in [-0.3, -0.25) is 4.68 Å². The second kappa shape index (κ2) is 9.73. The third-order valence-corrected chi connectivity index (χ3v) is 5.08. The fourth-order valence-corrected chi connectivity index (χ4v) is 3.63. The first-order chi connectivity index (χ1) is 14.5. The summed E-state index contributed by atoms with van der Waals surface area (Å²) in [5.74, 6) is 1.46.